The van der Waals surface area contributed by atoms with Crippen molar-refractivity contribution in [1.82, 2.24) is 9.78 Å². The van der Waals surface area contributed by atoms with Gasteiger partial charge in [-0.1, -0.05) is 43.3 Å². The molecule has 0 spiro atoms. The topological polar surface area (TPSA) is 29.9 Å². The Kier molecular flexibility index (Phi) is 3.85. The van der Waals surface area contributed by atoms with Gasteiger partial charge in [-0.15, -0.1) is 0 Å². The van der Waals surface area contributed by atoms with E-state index in [1.54, 1.807) is 0 Å². The number of hydrogen-bond donors (Lipinski definition) is 1. The lowest BCUT2D eigenvalue weighted by atomic mass is 10.1. The van der Waals surface area contributed by atoms with Crippen molar-refractivity contribution in [2.75, 3.05) is 11.9 Å². The molecule has 0 saturated carbocycles. The Hall–Kier alpha value is -1.82. The molecule has 0 saturated heterocycles. The summed E-state index contributed by atoms with van der Waals surface area (Å²) in [5.41, 5.74) is 6.17. The van der Waals surface area contributed by atoms with Gasteiger partial charge in [0.2, 0.25) is 0 Å². The summed E-state index contributed by atoms with van der Waals surface area (Å²) in [7, 11) is 0. The first-order valence-corrected chi connectivity index (χ1v) is 9.06. The highest BCUT2D eigenvalue weighted by atomic mass is 127. The van der Waals surface area contributed by atoms with Crippen LogP contribution in [0.4, 0.5) is 5.82 Å². The van der Waals surface area contributed by atoms with Crippen LogP contribution >= 0.6 is 22.6 Å². The van der Waals surface area contributed by atoms with Gasteiger partial charge in [-0.3, -0.25) is 0 Å². The van der Waals surface area contributed by atoms with E-state index in [0.717, 1.165) is 30.9 Å². The molecule has 2 heterocycles. The Morgan fingerprint density at radius 1 is 1.13 bits per heavy atom. The van der Waals surface area contributed by atoms with Crippen molar-refractivity contribution in [2.45, 2.75) is 19.8 Å². The summed E-state index contributed by atoms with van der Waals surface area (Å²) >= 11 is 2.40. The average molecular weight is 415 g/mol. The molecule has 2 aromatic carbocycles. The van der Waals surface area contributed by atoms with Crippen molar-refractivity contribution in [3.63, 3.8) is 0 Å². The number of nitrogens with one attached hydrogen (secondary N) is 1. The number of hydrogen-bond acceptors (Lipinski definition) is 2. The molecule has 0 amide bonds. The maximum atomic E-state index is 4.99. The summed E-state index contributed by atoms with van der Waals surface area (Å²) in [6.45, 7) is 3.18. The van der Waals surface area contributed by atoms with Gasteiger partial charge >= 0.3 is 0 Å². The summed E-state index contributed by atoms with van der Waals surface area (Å²) in [5.74, 6) is 1.15. The van der Waals surface area contributed by atoms with E-state index in [9.17, 15) is 0 Å². The normalized spacial score (nSPS) is 13.0. The standard InChI is InChI=1S/C19H18IN3/c1-2-13-7-3-6-10-17(13)23-19-15(11-12-21-19)18(22-23)14-8-4-5-9-16(14)20/h3-10,21H,2,11-12H2,1H3. The molecule has 1 aliphatic heterocycles. The average Bonchev–Trinajstić information content (AvgIpc) is 3.18. The van der Waals surface area contributed by atoms with Gasteiger partial charge < -0.3 is 5.32 Å². The fourth-order valence-corrected chi connectivity index (χ4v) is 3.88. The first-order valence-electron chi connectivity index (χ1n) is 7.98. The van der Waals surface area contributed by atoms with Gasteiger partial charge in [-0.25, -0.2) is 4.68 Å². The highest BCUT2D eigenvalue weighted by Gasteiger charge is 2.25. The molecule has 4 heteroatoms. The summed E-state index contributed by atoms with van der Waals surface area (Å²) < 4.78 is 3.34. The van der Waals surface area contributed by atoms with E-state index in [1.165, 1.54) is 25.9 Å². The Morgan fingerprint density at radius 3 is 2.74 bits per heavy atom. The lowest BCUT2D eigenvalue weighted by Gasteiger charge is -2.10. The Balaban J connectivity index is 1.94. The van der Waals surface area contributed by atoms with Gasteiger partial charge in [0, 0.05) is 21.2 Å². The third kappa shape index (κ3) is 2.45. The zero-order chi connectivity index (χ0) is 15.8. The maximum Gasteiger partial charge on any atom is 0.133 e. The molecule has 0 atom stereocenters. The molecular weight excluding hydrogens is 397 g/mol. The Labute approximate surface area is 149 Å². The minimum absolute atomic E-state index is 0.984. The maximum absolute atomic E-state index is 4.99. The minimum Gasteiger partial charge on any atom is -0.369 e. The first-order chi connectivity index (χ1) is 11.3. The predicted octanol–water partition coefficient (Wildman–Crippen LogP) is 4.67. The lowest BCUT2D eigenvalue weighted by Crippen LogP contribution is -2.06. The number of fused-ring (bicyclic) bond motifs is 1. The smallest absolute Gasteiger partial charge is 0.133 e. The third-order valence-electron chi connectivity index (χ3n) is 4.38. The second kappa shape index (κ2) is 6.00. The number of aryl methyl sites for hydroxylation is 1. The van der Waals surface area contributed by atoms with E-state index >= 15 is 0 Å². The van der Waals surface area contributed by atoms with Crippen LogP contribution in [0.1, 0.15) is 18.1 Å². The molecule has 116 valence electrons. The van der Waals surface area contributed by atoms with E-state index < -0.39 is 0 Å². The molecule has 4 rings (SSSR count). The van der Waals surface area contributed by atoms with E-state index in [1.807, 2.05) is 0 Å². The highest BCUT2D eigenvalue weighted by molar-refractivity contribution is 14.1. The molecule has 0 bridgehead atoms. The first kappa shape index (κ1) is 14.8. The van der Waals surface area contributed by atoms with Crippen LogP contribution in [0.3, 0.4) is 0 Å². The number of halogens is 1. The number of benzene rings is 2. The van der Waals surface area contributed by atoms with Crippen molar-refractivity contribution >= 4 is 28.4 Å². The summed E-state index contributed by atoms with van der Waals surface area (Å²) in [6.07, 6.45) is 2.03. The minimum atomic E-state index is 0.984. The van der Waals surface area contributed by atoms with Crippen LogP contribution in [-0.4, -0.2) is 16.3 Å². The van der Waals surface area contributed by atoms with E-state index in [0.29, 0.717) is 0 Å². The summed E-state index contributed by atoms with van der Waals surface area (Å²) in [6, 6.07) is 17.0. The number of aromatic nitrogens is 2. The molecule has 3 aromatic rings. The lowest BCUT2D eigenvalue weighted by molar-refractivity contribution is 0.865. The number of anilines is 1. The van der Waals surface area contributed by atoms with Gasteiger partial charge in [-0.05, 0) is 53.1 Å². The zero-order valence-corrected chi connectivity index (χ0v) is 15.2. The van der Waals surface area contributed by atoms with Gasteiger partial charge in [0.1, 0.15) is 5.82 Å². The number of para-hydroxylation sites is 1. The van der Waals surface area contributed by atoms with Crippen LogP contribution in [-0.2, 0) is 12.8 Å². The van der Waals surface area contributed by atoms with Crippen molar-refractivity contribution in [1.29, 1.82) is 0 Å². The molecule has 1 N–H and O–H groups in total. The van der Waals surface area contributed by atoms with Crippen molar-refractivity contribution in [3.05, 3.63) is 63.2 Å². The second-order valence-corrected chi connectivity index (χ2v) is 6.89. The largest absolute Gasteiger partial charge is 0.369 e. The molecule has 0 aliphatic carbocycles. The van der Waals surface area contributed by atoms with Crippen LogP contribution in [0.15, 0.2) is 48.5 Å². The van der Waals surface area contributed by atoms with Crippen LogP contribution in [0.2, 0.25) is 0 Å². The van der Waals surface area contributed by atoms with Crippen LogP contribution < -0.4 is 5.32 Å². The SMILES string of the molecule is CCc1ccccc1-n1nc(-c2ccccc2I)c2c1NCC2. The Morgan fingerprint density at radius 2 is 1.91 bits per heavy atom. The quantitative estimate of drug-likeness (QED) is 0.630. The van der Waals surface area contributed by atoms with Gasteiger partial charge in [0.15, 0.2) is 0 Å². The number of rotatable bonds is 3. The van der Waals surface area contributed by atoms with Crippen LogP contribution in [0, 0.1) is 3.57 Å². The Bertz CT molecular complexity index is 867. The molecule has 0 unspecified atom stereocenters. The van der Waals surface area contributed by atoms with Crippen molar-refractivity contribution < 1.29 is 0 Å². The molecule has 1 aliphatic rings. The molecule has 3 nitrogen and oxygen atoms in total. The number of nitrogens with zero attached hydrogens (tertiary/aromatic N) is 2. The zero-order valence-electron chi connectivity index (χ0n) is 13.0. The summed E-state index contributed by atoms with van der Waals surface area (Å²) in [5, 5.41) is 8.52. The highest BCUT2D eigenvalue weighted by Crippen LogP contribution is 2.36. The van der Waals surface area contributed by atoms with E-state index in [4.69, 9.17) is 5.10 Å². The molecular formula is C19H18IN3. The third-order valence-corrected chi connectivity index (χ3v) is 5.32. The van der Waals surface area contributed by atoms with Crippen molar-refractivity contribution in [3.8, 4) is 16.9 Å². The van der Waals surface area contributed by atoms with Gasteiger partial charge in [-0.2, -0.15) is 5.10 Å². The fourth-order valence-electron chi connectivity index (χ4n) is 3.24. The molecule has 23 heavy (non-hydrogen) atoms. The monoisotopic (exact) mass is 415 g/mol. The van der Waals surface area contributed by atoms with Crippen molar-refractivity contribution in [2.24, 2.45) is 0 Å². The van der Waals surface area contributed by atoms with Crippen LogP contribution in [0.25, 0.3) is 16.9 Å². The van der Waals surface area contributed by atoms with E-state index in [2.05, 4.69) is 88.0 Å². The predicted molar refractivity (Wildman–Crippen MR) is 103 cm³/mol. The second-order valence-electron chi connectivity index (χ2n) is 5.73. The van der Waals surface area contributed by atoms with Crippen LogP contribution in [0.5, 0.6) is 0 Å². The summed E-state index contributed by atoms with van der Waals surface area (Å²) in [4.78, 5) is 0. The van der Waals surface area contributed by atoms with Gasteiger partial charge in [0.05, 0.1) is 11.4 Å². The fraction of sp³-hybridized carbons (Fsp3) is 0.211. The molecule has 0 radical (unpaired) electrons. The van der Waals surface area contributed by atoms with Gasteiger partial charge in [0.25, 0.3) is 0 Å². The van der Waals surface area contributed by atoms with E-state index in [-0.39, 0.29) is 0 Å². The molecule has 0 fully saturated rings. The molecule has 1 aromatic heterocycles.